The van der Waals surface area contributed by atoms with Gasteiger partial charge in [0.2, 0.25) is 0 Å². The summed E-state index contributed by atoms with van der Waals surface area (Å²) < 4.78 is 11.2. The Morgan fingerprint density at radius 2 is 1.64 bits per heavy atom. The normalized spacial score (nSPS) is 10.4. The molecule has 1 amide bonds. The summed E-state index contributed by atoms with van der Waals surface area (Å²) in [5.41, 5.74) is 2.83. The van der Waals surface area contributed by atoms with E-state index in [9.17, 15) is 4.79 Å². The Kier molecular flexibility index (Phi) is 6.93. The van der Waals surface area contributed by atoms with E-state index in [-0.39, 0.29) is 12.5 Å². The Bertz CT molecular complexity index is 911. The highest BCUT2D eigenvalue weighted by atomic mass is 35.5. The number of anilines is 1. The maximum Gasteiger partial charge on any atom is 0.262 e. The molecular formula is C23H22ClNO3. The molecule has 0 saturated carbocycles. The van der Waals surface area contributed by atoms with E-state index >= 15 is 0 Å². The smallest absolute Gasteiger partial charge is 0.262 e. The number of rotatable bonds is 8. The van der Waals surface area contributed by atoms with Gasteiger partial charge in [-0.2, -0.15) is 0 Å². The molecule has 0 aromatic heterocycles. The molecule has 3 rings (SSSR count). The van der Waals surface area contributed by atoms with Crippen LogP contribution in [0.5, 0.6) is 11.5 Å². The molecule has 0 radical (unpaired) electrons. The van der Waals surface area contributed by atoms with Crippen LogP contribution in [-0.2, 0) is 11.2 Å². The molecule has 28 heavy (non-hydrogen) atoms. The fraction of sp³-hybridized carbons (Fsp3) is 0.174. The van der Waals surface area contributed by atoms with E-state index in [2.05, 4.69) is 17.4 Å². The molecule has 0 aliphatic rings. The number of hydrogen-bond donors (Lipinski definition) is 1. The van der Waals surface area contributed by atoms with E-state index < -0.39 is 0 Å². The third kappa shape index (κ3) is 6.03. The van der Waals surface area contributed by atoms with Crippen LogP contribution in [0.4, 0.5) is 5.69 Å². The number of aryl methyl sites for hydroxylation is 1. The Balaban J connectivity index is 1.42. The monoisotopic (exact) mass is 395 g/mol. The van der Waals surface area contributed by atoms with Gasteiger partial charge in [0.25, 0.3) is 5.91 Å². The van der Waals surface area contributed by atoms with Gasteiger partial charge in [-0.25, -0.2) is 0 Å². The zero-order valence-corrected chi connectivity index (χ0v) is 16.4. The Morgan fingerprint density at radius 3 is 2.36 bits per heavy atom. The predicted octanol–water partition coefficient (Wildman–Crippen LogP) is 5.29. The molecule has 3 aromatic rings. The number of nitrogens with one attached hydrogen (secondary N) is 1. The van der Waals surface area contributed by atoms with Crippen molar-refractivity contribution in [1.82, 2.24) is 0 Å². The summed E-state index contributed by atoms with van der Waals surface area (Å²) in [4.78, 5) is 12.1. The fourth-order valence-corrected chi connectivity index (χ4v) is 2.74. The summed E-state index contributed by atoms with van der Waals surface area (Å²) in [7, 11) is 0. The summed E-state index contributed by atoms with van der Waals surface area (Å²) in [5.74, 6) is 1.14. The molecule has 0 aliphatic carbocycles. The molecule has 0 spiro atoms. The quantitative estimate of drug-likeness (QED) is 0.564. The first-order chi connectivity index (χ1) is 13.6. The van der Waals surface area contributed by atoms with Gasteiger partial charge in [0.15, 0.2) is 6.61 Å². The van der Waals surface area contributed by atoms with Gasteiger partial charge in [-0.1, -0.05) is 41.9 Å². The topological polar surface area (TPSA) is 47.6 Å². The maximum absolute atomic E-state index is 12.1. The molecule has 4 nitrogen and oxygen atoms in total. The van der Waals surface area contributed by atoms with E-state index in [1.165, 1.54) is 5.56 Å². The second kappa shape index (κ2) is 9.81. The van der Waals surface area contributed by atoms with Crippen molar-refractivity contribution < 1.29 is 14.3 Å². The second-order valence-corrected chi connectivity index (χ2v) is 6.76. The second-order valence-electron chi connectivity index (χ2n) is 6.36. The maximum atomic E-state index is 12.1. The molecule has 0 unspecified atom stereocenters. The highest BCUT2D eigenvalue weighted by molar-refractivity contribution is 6.31. The van der Waals surface area contributed by atoms with E-state index in [4.69, 9.17) is 21.1 Å². The van der Waals surface area contributed by atoms with Crippen molar-refractivity contribution in [2.45, 2.75) is 13.3 Å². The lowest BCUT2D eigenvalue weighted by Crippen LogP contribution is -2.20. The van der Waals surface area contributed by atoms with Crippen LogP contribution in [0.25, 0.3) is 0 Å². The van der Waals surface area contributed by atoms with Crippen molar-refractivity contribution in [3.05, 3.63) is 88.9 Å². The third-order valence-electron chi connectivity index (χ3n) is 4.14. The Morgan fingerprint density at radius 1 is 0.929 bits per heavy atom. The SMILES string of the molecule is Cc1cc(OCC(=O)Nc2ccc(OCCc3ccccc3)cc2)ccc1Cl. The van der Waals surface area contributed by atoms with Gasteiger partial charge in [0.1, 0.15) is 11.5 Å². The van der Waals surface area contributed by atoms with Crippen LogP contribution in [0.2, 0.25) is 5.02 Å². The van der Waals surface area contributed by atoms with Crippen LogP contribution < -0.4 is 14.8 Å². The number of amides is 1. The molecular weight excluding hydrogens is 374 g/mol. The predicted molar refractivity (Wildman–Crippen MR) is 112 cm³/mol. The van der Waals surface area contributed by atoms with E-state index in [0.717, 1.165) is 17.7 Å². The molecule has 144 valence electrons. The number of benzene rings is 3. The lowest BCUT2D eigenvalue weighted by molar-refractivity contribution is -0.118. The number of halogens is 1. The summed E-state index contributed by atoms with van der Waals surface area (Å²) in [6.07, 6.45) is 0.848. The lowest BCUT2D eigenvalue weighted by atomic mass is 10.2. The van der Waals surface area contributed by atoms with Gasteiger partial charge in [0.05, 0.1) is 6.61 Å². The van der Waals surface area contributed by atoms with Crippen molar-refractivity contribution in [3.8, 4) is 11.5 Å². The summed E-state index contributed by atoms with van der Waals surface area (Å²) in [6.45, 7) is 2.42. The van der Waals surface area contributed by atoms with Crippen LogP contribution in [0.15, 0.2) is 72.8 Å². The molecule has 0 fully saturated rings. The van der Waals surface area contributed by atoms with Gasteiger partial charge in [-0.05, 0) is 60.5 Å². The number of carbonyl (C=O) groups excluding carboxylic acids is 1. The minimum absolute atomic E-state index is 0.0730. The highest BCUT2D eigenvalue weighted by Crippen LogP contribution is 2.21. The van der Waals surface area contributed by atoms with Gasteiger partial charge in [0, 0.05) is 17.1 Å². The molecule has 0 bridgehead atoms. The summed E-state index contributed by atoms with van der Waals surface area (Å²) >= 11 is 5.98. The van der Waals surface area contributed by atoms with Crippen molar-refractivity contribution in [2.24, 2.45) is 0 Å². The zero-order chi connectivity index (χ0) is 19.8. The minimum Gasteiger partial charge on any atom is -0.493 e. The average molecular weight is 396 g/mol. The van der Waals surface area contributed by atoms with Crippen LogP contribution >= 0.6 is 11.6 Å². The summed E-state index contributed by atoms with van der Waals surface area (Å²) in [6, 6.07) is 22.8. The standard InChI is InChI=1S/C23H22ClNO3/c1-17-15-21(11-12-22(17)24)28-16-23(26)25-19-7-9-20(10-8-19)27-14-13-18-5-3-2-4-6-18/h2-12,15H,13-14,16H2,1H3,(H,25,26). The van der Waals surface area contributed by atoms with Gasteiger partial charge in [-0.3, -0.25) is 4.79 Å². The van der Waals surface area contributed by atoms with Crippen LogP contribution in [-0.4, -0.2) is 19.1 Å². The summed E-state index contributed by atoms with van der Waals surface area (Å²) in [5, 5.41) is 3.47. The molecule has 0 aliphatic heterocycles. The highest BCUT2D eigenvalue weighted by Gasteiger charge is 2.05. The first kappa shape index (κ1) is 19.8. The van der Waals surface area contributed by atoms with Gasteiger partial charge < -0.3 is 14.8 Å². The van der Waals surface area contributed by atoms with E-state index in [0.29, 0.717) is 23.1 Å². The Labute approximate surface area is 170 Å². The number of hydrogen-bond acceptors (Lipinski definition) is 3. The minimum atomic E-state index is -0.231. The Hall–Kier alpha value is -2.98. The molecule has 0 atom stereocenters. The van der Waals surface area contributed by atoms with Crippen LogP contribution in [0.1, 0.15) is 11.1 Å². The third-order valence-corrected chi connectivity index (χ3v) is 4.56. The first-order valence-electron chi connectivity index (χ1n) is 9.06. The van der Waals surface area contributed by atoms with Gasteiger partial charge >= 0.3 is 0 Å². The molecule has 1 N–H and O–H groups in total. The molecule has 5 heteroatoms. The van der Waals surface area contributed by atoms with Crippen molar-refractivity contribution >= 4 is 23.2 Å². The molecule has 0 saturated heterocycles. The van der Waals surface area contributed by atoms with E-state index in [1.807, 2.05) is 49.4 Å². The average Bonchev–Trinajstić information content (AvgIpc) is 2.71. The molecule has 3 aromatic carbocycles. The van der Waals surface area contributed by atoms with Crippen LogP contribution in [0.3, 0.4) is 0 Å². The zero-order valence-electron chi connectivity index (χ0n) is 15.7. The van der Waals surface area contributed by atoms with E-state index in [1.54, 1.807) is 18.2 Å². The largest absolute Gasteiger partial charge is 0.493 e. The van der Waals surface area contributed by atoms with Crippen LogP contribution in [0, 0.1) is 6.92 Å². The number of carbonyl (C=O) groups is 1. The fourth-order valence-electron chi connectivity index (χ4n) is 2.62. The number of ether oxygens (including phenoxy) is 2. The van der Waals surface area contributed by atoms with Gasteiger partial charge in [-0.15, -0.1) is 0 Å². The van der Waals surface area contributed by atoms with Crippen molar-refractivity contribution in [2.75, 3.05) is 18.5 Å². The van der Waals surface area contributed by atoms with Crippen molar-refractivity contribution in [1.29, 1.82) is 0 Å². The molecule has 0 heterocycles. The lowest BCUT2D eigenvalue weighted by Gasteiger charge is -2.10. The first-order valence-corrected chi connectivity index (χ1v) is 9.43. The van der Waals surface area contributed by atoms with Crippen molar-refractivity contribution in [3.63, 3.8) is 0 Å².